The van der Waals surface area contributed by atoms with Crippen molar-refractivity contribution in [1.82, 2.24) is 9.47 Å². The second-order valence-electron chi connectivity index (χ2n) is 6.55. The van der Waals surface area contributed by atoms with E-state index < -0.39 is 28.4 Å². The van der Waals surface area contributed by atoms with Gasteiger partial charge in [-0.1, -0.05) is 12.1 Å². The number of pyridine rings is 1. The summed E-state index contributed by atoms with van der Waals surface area (Å²) in [5.74, 6) is -1.72. The summed E-state index contributed by atoms with van der Waals surface area (Å²) >= 11 is 0. The van der Waals surface area contributed by atoms with E-state index in [4.69, 9.17) is 9.84 Å². The number of nitrogens with zero attached hydrogens (tertiary/aromatic N) is 2. The van der Waals surface area contributed by atoms with Gasteiger partial charge in [-0.15, -0.1) is 0 Å². The summed E-state index contributed by atoms with van der Waals surface area (Å²) in [4.78, 5) is 26.6. The molecule has 0 aliphatic rings. The summed E-state index contributed by atoms with van der Waals surface area (Å²) in [5, 5.41) is 8.56. The van der Waals surface area contributed by atoms with Crippen molar-refractivity contribution in [3.05, 3.63) is 75.6 Å². The highest BCUT2D eigenvalue weighted by molar-refractivity contribution is 5.97. The summed E-state index contributed by atoms with van der Waals surface area (Å²) in [6.45, 7) is -0.190. The molecule has 0 fully saturated rings. The number of carbonyl (C=O) groups excluding carboxylic acids is 1. The molecule has 3 rings (SSSR count). The Morgan fingerprint density at radius 3 is 2.41 bits per heavy atom. The molecular formula is C21H20F2N2O4. The van der Waals surface area contributed by atoms with Crippen molar-refractivity contribution >= 4 is 16.8 Å². The third kappa shape index (κ3) is 3.97. The Morgan fingerprint density at radius 2 is 1.79 bits per heavy atom. The Kier molecular flexibility index (Phi) is 5.93. The minimum atomic E-state index is -0.908. The average Bonchev–Trinajstić information content (AvgIpc) is 2.72. The molecule has 0 saturated carbocycles. The topological polar surface area (TPSA) is 71.8 Å². The number of aromatic nitrogens is 1. The fourth-order valence-electron chi connectivity index (χ4n) is 3.11. The Morgan fingerprint density at radius 1 is 1.14 bits per heavy atom. The summed E-state index contributed by atoms with van der Waals surface area (Å²) in [6, 6.07) is 8.75. The van der Waals surface area contributed by atoms with Gasteiger partial charge in [0.25, 0.3) is 5.91 Å². The number of amides is 1. The van der Waals surface area contributed by atoms with Crippen LogP contribution < -0.4 is 10.2 Å². The number of aliphatic hydroxyl groups is 1. The molecule has 0 saturated heterocycles. The third-order valence-corrected chi connectivity index (χ3v) is 4.65. The Hall–Kier alpha value is -3.26. The van der Waals surface area contributed by atoms with E-state index in [-0.39, 0.29) is 30.8 Å². The normalized spacial score (nSPS) is 10.9. The summed E-state index contributed by atoms with van der Waals surface area (Å²) in [5.41, 5.74) is -0.669. The van der Waals surface area contributed by atoms with Crippen LogP contribution in [0, 0.1) is 11.6 Å². The predicted octanol–water partition coefficient (Wildman–Crippen LogP) is 2.40. The number of hydrogen-bond acceptors (Lipinski definition) is 4. The van der Waals surface area contributed by atoms with Crippen molar-refractivity contribution in [3.8, 4) is 5.75 Å². The minimum Gasteiger partial charge on any atom is -0.497 e. The molecule has 1 heterocycles. The van der Waals surface area contributed by atoms with Gasteiger partial charge in [0.1, 0.15) is 22.9 Å². The van der Waals surface area contributed by atoms with Crippen LogP contribution in [0.5, 0.6) is 5.75 Å². The van der Waals surface area contributed by atoms with E-state index in [1.807, 2.05) is 0 Å². The van der Waals surface area contributed by atoms with Gasteiger partial charge in [-0.2, -0.15) is 0 Å². The van der Waals surface area contributed by atoms with Crippen LogP contribution in [-0.4, -0.2) is 47.8 Å². The van der Waals surface area contributed by atoms with Crippen molar-refractivity contribution in [2.45, 2.75) is 6.54 Å². The molecule has 8 heteroatoms. The largest absolute Gasteiger partial charge is 0.497 e. The molecule has 0 aliphatic carbocycles. The molecule has 0 atom stereocenters. The maximum absolute atomic E-state index is 14.6. The first-order valence-electron chi connectivity index (χ1n) is 8.87. The van der Waals surface area contributed by atoms with Gasteiger partial charge in [-0.3, -0.25) is 9.59 Å². The summed E-state index contributed by atoms with van der Waals surface area (Å²) < 4.78 is 35.5. The first-order valence-corrected chi connectivity index (χ1v) is 8.87. The molecule has 2 aromatic carbocycles. The monoisotopic (exact) mass is 402 g/mol. The van der Waals surface area contributed by atoms with Gasteiger partial charge in [0.15, 0.2) is 0 Å². The molecule has 0 spiro atoms. The Labute approximate surface area is 165 Å². The zero-order chi connectivity index (χ0) is 21.1. The number of ether oxygens (including phenoxy) is 1. The van der Waals surface area contributed by atoms with Crippen molar-refractivity contribution in [3.63, 3.8) is 0 Å². The van der Waals surface area contributed by atoms with Crippen LogP contribution in [-0.2, 0) is 6.54 Å². The number of hydrogen-bond donors (Lipinski definition) is 1. The molecule has 1 N–H and O–H groups in total. The molecule has 29 heavy (non-hydrogen) atoms. The fourth-order valence-corrected chi connectivity index (χ4v) is 3.11. The van der Waals surface area contributed by atoms with E-state index >= 15 is 0 Å². The van der Waals surface area contributed by atoms with Crippen LogP contribution in [0.2, 0.25) is 0 Å². The second kappa shape index (κ2) is 8.40. The van der Waals surface area contributed by atoms with Crippen LogP contribution in [0.4, 0.5) is 8.78 Å². The minimum absolute atomic E-state index is 0.000420. The van der Waals surface area contributed by atoms with E-state index in [1.165, 1.54) is 24.9 Å². The molecule has 3 aromatic rings. The second-order valence-corrected chi connectivity index (χ2v) is 6.55. The number of halogens is 2. The zero-order valence-corrected chi connectivity index (χ0v) is 16.0. The SMILES string of the molecule is COc1ccc(Cn2cc(C(=O)N(C)CCO)c(=O)c3c(F)ccc(F)c32)cc1. The highest BCUT2D eigenvalue weighted by Crippen LogP contribution is 2.22. The van der Waals surface area contributed by atoms with Crippen molar-refractivity contribution < 1.29 is 23.4 Å². The number of rotatable bonds is 6. The van der Waals surface area contributed by atoms with E-state index in [0.29, 0.717) is 5.75 Å². The predicted molar refractivity (Wildman–Crippen MR) is 104 cm³/mol. The van der Waals surface area contributed by atoms with Crippen molar-refractivity contribution in [2.75, 3.05) is 27.3 Å². The van der Waals surface area contributed by atoms with E-state index in [0.717, 1.165) is 22.6 Å². The van der Waals surface area contributed by atoms with Gasteiger partial charge >= 0.3 is 0 Å². The number of methoxy groups -OCH3 is 1. The number of carbonyl (C=O) groups is 1. The van der Waals surface area contributed by atoms with Crippen LogP contribution in [0.1, 0.15) is 15.9 Å². The number of benzene rings is 2. The first kappa shape index (κ1) is 20.5. The van der Waals surface area contributed by atoms with E-state index in [9.17, 15) is 18.4 Å². The highest BCUT2D eigenvalue weighted by Gasteiger charge is 2.22. The van der Waals surface area contributed by atoms with Gasteiger partial charge in [0, 0.05) is 26.3 Å². The lowest BCUT2D eigenvalue weighted by Gasteiger charge is -2.18. The van der Waals surface area contributed by atoms with Gasteiger partial charge in [0.2, 0.25) is 5.43 Å². The smallest absolute Gasteiger partial charge is 0.259 e. The average molecular weight is 402 g/mol. The third-order valence-electron chi connectivity index (χ3n) is 4.65. The molecular weight excluding hydrogens is 382 g/mol. The summed E-state index contributed by atoms with van der Waals surface area (Å²) in [6.07, 6.45) is 1.23. The van der Waals surface area contributed by atoms with Crippen molar-refractivity contribution in [2.24, 2.45) is 0 Å². The lowest BCUT2D eigenvalue weighted by atomic mass is 10.1. The lowest BCUT2D eigenvalue weighted by Crippen LogP contribution is -2.34. The van der Waals surface area contributed by atoms with Gasteiger partial charge in [-0.05, 0) is 29.8 Å². The van der Waals surface area contributed by atoms with E-state index in [2.05, 4.69) is 0 Å². The molecule has 6 nitrogen and oxygen atoms in total. The van der Waals surface area contributed by atoms with Crippen LogP contribution in [0.3, 0.4) is 0 Å². The van der Waals surface area contributed by atoms with Crippen LogP contribution >= 0.6 is 0 Å². The Bertz CT molecular complexity index is 1110. The molecule has 0 bridgehead atoms. The maximum Gasteiger partial charge on any atom is 0.259 e. The van der Waals surface area contributed by atoms with Crippen molar-refractivity contribution in [1.29, 1.82) is 0 Å². The van der Waals surface area contributed by atoms with Crippen LogP contribution in [0.25, 0.3) is 10.9 Å². The standard InChI is InChI=1S/C21H20F2N2O4/c1-24(9-10-26)21(28)15-12-25(11-13-3-5-14(29-2)6-4-13)19-17(23)8-7-16(22)18(19)20(15)27/h3-8,12,26H,9-11H2,1-2H3. The number of likely N-dealkylation sites (N-methyl/N-ethyl adjacent to an activating group) is 1. The van der Waals surface area contributed by atoms with Crippen LogP contribution in [0.15, 0.2) is 47.4 Å². The summed E-state index contributed by atoms with van der Waals surface area (Å²) in [7, 11) is 2.95. The molecule has 0 unspecified atom stereocenters. The van der Waals surface area contributed by atoms with Gasteiger partial charge < -0.3 is 19.3 Å². The fraction of sp³-hybridized carbons (Fsp3) is 0.238. The molecule has 1 amide bonds. The van der Waals surface area contributed by atoms with Gasteiger partial charge in [-0.25, -0.2) is 8.78 Å². The number of aliphatic hydroxyl groups excluding tert-OH is 1. The highest BCUT2D eigenvalue weighted by atomic mass is 19.1. The molecule has 0 radical (unpaired) electrons. The lowest BCUT2D eigenvalue weighted by molar-refractivity contribution is 0.0765. The molecule has 152 valence electrons. The Balaban J connectivity index is 2.21. The quantitative estimate of drug-likeness (QED) is 0.687. The zero-order valence-electron chi connectivity index (χ0n) is 16.0. The van der Waals surface area contributed by atoms with Gasteiger partial charge in [0.05, 0.1) is 24.6 Å². The van der Waals surface area contributed by atoms with E-state index in [1.54, 1.807) is 24.3 Å². The maximum atomic E-state index is 14.6. The molecule has 0 aliphatic heterocycles. The molecule has 1 aromatic heterocycles. The first-order chi connectivity index (χ1) is 13.9. The number of fused-ring (bicyclic) bond motifs is 1.